The Morgan fingerprint density at radius 1 is 1.23 bits per heavy atom. The first-order chi connectivity index (χ1) is 19.0. The molecular formula is C29H29F2N5O2S. The van der Waals surface area contributed by atoms with E-state index in [1.807, 2.05) is 29.6 Å². The minimum atomic E-state index is -0.880. The number of hydrogen-bond donors (Lipinski definition) is 2. The maximum absolute atomic E-state index is 16.2. The minimum absolute atomic E-state index is 0.0362. The summed E-state index contributed by atoms with van der Waals surface area (Å²) in [4.78, 5) is 22.7. The van der Waals surface area contributed by atoms with Crippen molar-refractivity contribution in [1.82, 2.24) is 20.2 Å². The molecule has 6 rings (SSSR count). The maximum Gasteiger partial charge on any atom is 0.319 e. The average molecular weight is 550 g/mol. The molecule has 2 aliphatic rings. The molecule has 0 aliphatic carbocycles. The largest absolute Gasteiger partial charge is 0.461 e. The van der Waals surface area contributed by atoms with Gasteiger partial charge in [-0.15, -0.1) is 11.3 Å². The van der Waals surface area contributed by atoms with Gasteiger partial charge in [0, 0.05) is 47.3 Å². The molecule has 0 bridgehead atoms. The predicted molar refractivity (Wildman–Crippen MR) is 151 cm³/mol. The maximum atomic E-state index is 16.2. The van der Waals surface area contributed by atoms with E-state index in [2.05, 4.69) is 32.1 Å². The Morgan fingerprint density at radius 2 is 2.13 bits per heavy atom. The molecule has 2 saturated heterocycles. The molecule has 7 nitrogen and oxygen atoms in total. The highest BCUT2D eigenvalue weighted by Crippen LogP contribution is 2.41. The number of nitrogens with one attached hydrogen (secondary N) is 2. The van der Waals surface area contributed by atoms with Gasteiger partial charge < -0.3 is 15.4 Å². The smallest absolute Gasteiger partial charge is 0.319 e. The first kappa shape index (κ1) is 25.6. The van der Waals surface area contributed by atoms with Crippen molar-refractivity contribution >= 4 is 44.1 Å². The third kappa shape index (κ3) is 4.83. The SMILES string of the molecule is C=CC(=O)NCCNc1nc(OCC23CCCN2C[C@H](F)C3)nc2c(F)c(-c3cccc4ccsc34)ccc12. The Kier molecular flexibility index (Phi) is 6.90. The minimum Gasteiger partial charge on any atom is -0.461 e. The van der Waals surface area contributed by atoms with Gasteiger partial charge in [-0.2, -0.15) is 9.97 Å². The summed E-state index contributed by atoms with van der Waals surface area (Å²) in [5.41, 5.74) is 1.00. The number of fused-ring (bicyclic) bond motifs is 3. The number of hydrogen-bond acceptors (Lipinski definition) is 7. The van der Waals surface area contributed by atoms with E-state index in [1.54, 1.807) is 23.5 Å². The van der Waals surface area contributed by atoms with Crippen LogP contribution in [0.15, 0.2) is 54.4 Å². The molecule has 2 aliphatic heterocycles. The molecule has 202 valence electrons. The number of benzene rings is 2. The number of carbonyl (C=O) groups excluding carboxylic acids is 1. The van der Waals surface area contributed by atoms with Gasteiger partial charge in [-0.1, -0.05) is 30.8 Å². The average Bonchev–Trinajstić information content (AvgIpc) is 3.64. The summed E-state index contributed by atoms with van der Waals surface area (Å²) in [6.45, 7) is 5.62. The van der Waals surface area contributed by atoms with Crippen molar-refractivity contribution in [2.75, 3.05) is 38.1 Å². The Bertz CT molecular complexity index is 1560. The number of carbonyl (C=O) groups is 1. The number of amides is 1. The molecule has 0 spiro atoms. The van der Waals surface area contributed by atoms with Crippen LogP contribution in [0.25, 0.3) is 32.1 Å². The fourth-order valence-corrected chi connectivity index (χ4v) is 6.77. The third-order valence-corrected chi connectivity index (χ3v) is 8.65. The van der Waals surface area contributed by atoms with Crippen molar-refractivity contribution in [2.45, 2.75) is 31.0 Å². The number of halogens is 2. The lowest BCUT2D eigenvalue weighted by molar-refractivity contribution is -0.116. The zero-order chi connectivity index (χ0) is 27.0. The van der Waals surface area contributed by atoms with E-state index < -0.39 is 12.0 Å². The van der Waals surface area contributed by atoms with E-state index in [0.29, 0.717) is 42.8 Å². The van der Waals surface area contributed by atoms with Crippen LogP contribution >= 0.6 is 11.3 Å². The molecule has 2 atom stereocenters. The molecule has 0 radical (unpaired) electrons. The van der Waals surface area contributed by atoms with Gasteiger partial charge in [0.2, 0.25) is 5.91 Å². The molecule has 2 aromatic carbocycles. The third-order valence-electron chi connectivity index (χ3n) is 7.69. The quantitative estimate of drug-likeness (QED) is 0.217. The van der Waals surface area contributed by atoms with E-state index in [0.717, 1.165) is 35.0 Å². The van der Waals surface area contributed by atoms with Crippen LogP contribution in [0.5, 0.6) is 6.01 Å². The first-order valence-electron chi connectivity index (χ1n) is 13.1. The summed E-state index contributed by atoms with van der Waals surface area (Å²) < 4.78 is 37.6. The standard InChI is InChI=1S/C29H29F2N5O2S/c1-2-23(37)32-11-12-33-27-22-8-7-20(21-6-3-5-18-9-14-39-26(18)21)24(31)25(22)34-28(35-27)38-17-29-10-4-13-36(29)16-19(30)15-29/h2-3,5-9,14,19H,1,4,10-13,15-17H2,(H,32,37)(H,33,34,35)/t19-,29?/m1/s1. The molecule has 4 aromatic rings. The van der Waals surface area contributed by atoms with E-state index in [4.69, 9.17) is 4.74 Å². The van der Waals surface area contributed by atoms with Gasteiger partial charge >= 0.3 is 6.01 Å². The van der Waals surface area contributed by atoms with Gasteiger partial charge in [-0.25, -0.2) is 8.78 Å². The molecule has 2 fully saturated rings. The number of thiophene rings is 1. The number of anilines is 1. The second kappa shape index (κ2) is 10.5. The van der Waals surface area contributed by atoms with E-state index in [1.165, 1.54) is 6.08 Å². The summed E-state index contributed by atoms with van der Waals surface area (Å²) in [5, 5.41) is 9.43. The second-order valence-electron chi connectivity index (χ2n) is 10.1. The van der Waals surface area contributed by atoms with Crippen LogP contribution in [0.4, 0.5) is 14.6 Å². The Labute approximate surface area is 228 Å². The van der Waals surface area contributed by atoms with Crippen LogP contribution in [0.1, 0.15) is 19.3 Å². The lowest BCUT2D eigenvalue weighted by Crippen LogP contribution is -2.43. The summed E-state index contributed by atoms with van der Waals surface area (Å²) in [5.74, 6) is -0.345. The highest BCUT2D eigenvalue weighted by atomic mass is 32.1. The Morgan fingerprint density at radius 3 is 3.00 bits per heavy atom. The van der Waals surface area contributed by atoms with Crippen LogP contribution < -0.4 is 15.4 Å². The molecule has 10 heteroatoms. The van der Waals surface area contributed by atoms with Crippen LogP contribution in [0, 0.1) is 5.82 Å². The van der Waals surface area contributed by atoms with Crippen molar-refractivity contribution in [2.24, 2.45) is 0 Å². The molecule has 4 heterocycles. The number of nitrogens with zero attached hydrogens (tertiary/aromatic N) is 3. The number of ether oxygens (including phenoxy) is 1. The lowest BCUT2D eigenvalue weighted by Gasteiger charge is -2.30. The summed E-state index contributed by atoms with van der Waals surface area (Å²) in [6, 6.07) is 11.4. The van der Waals surface area contributed by atoms with Gasteiger partial charge in [-0.3, -0.25) is 9.69 Å². The first-order valence-corrected chi connectivity index (χ1v) is 14.0. The number of aromatic nitrogens is 2. The van der Waals surface area contributed by atoms with Crippen LogP contribution in [0.3, 0.4) is 0 Å². The van der Waals surface area contributed by atoms with Crippen LogP contribution in [0.2, 0.25) is 0 Å². The molecule has 39 heavy (non-hydrogen) atoms. The summed E-state index contributed by atoms with van der Waals surface area (Å²) in [7, 11) is 0. The zero-order valence-corrected chi connectivity index (χ0v) is 22.2. The van der Waals surface area contributed by atoms with Crippen molar-refractivity contribution in [3.8, 4) is 17.1 Å². The van der Waals surface area contributed by atoms with Crippen molar-refractivity contribution in [3.05, 3.63) is 60.3 Å². The van der Waals surface area contributed by atoms with E-state index in [-0.39, 0.29) is 29.6 Å². The van der Waals surface area contributed by atoms with Gasteiger partial charge in [0.1, 0.15) is 24.1 Å². The van der Waals surface area contributed by atoms with Gasteiger partial charge in [-0.05, 0) is 48.4 Å². The van der Waals surface area contributed by atoms with Crippen molar-refractivity contribution in [1.29, 1.82) is 0 Å². The Hall–Kier alpha value is -3.63. The lowest BCUT2D eigenvalue weighted by atomic mass is 9.95. The molecular weight excluding hydrogens is 520 g/mol. The van der Waals surface area contributed by atoms with Gasteiger partial charge in [0.05, 0.1) is 5.54 Å². The van der Waals surface area contributed by atoms with E-state index >= 15 is 4.39 Å². The monoisotopic (exact) mass is 549 g/mol. The zero-order valence-electron chi connectivity index (χ0n) is 21.4. The van der Waals surface area contributed by atoms with Crippen molar-refractivity contribution in [3.63, 3.8) is 0 Å². The highest BCUT2D eigenvalue weighted by Gasteiger charge is 2.49. The van der Waals surface area contributed by atoms with Crippen molar-refractivity contribution < 1.29 is 18.3 Å². The highest BCUT2D eigenvalue weighted by molar-refractivity contribution is 7.17. The van der Waals surface area contributed by atoms with Crippen LogP contribution in [-0.4, -0.2) is 65.3 Å². The van der Waals surface area contributed by atoms with Gasteiger partial charge in [0.15, 0.2) is 5.82 Å². The fraction of sp³-hybridized carbons (Fsp3) is 0.345. The number of rotatable bonds is 9. The topological polar surface area (TPSA) is 79.4 Å². The van der Waals surface area contributed by atoms with Gasteiger partial charge in [0.25, 0.3) is 0 Å². The fourth-order valence-electron chi connectivity index (χ4n) is 5.84. The number of alkyl halides is 1. The molecule has 1 amide bonds. The second-order valence-corrected chi connectivity index (χ2v) is 11.0. The molecule has 2 N–H and O–H groups in total. The molecule has 1 unspecified atom stereocenters. The molecule has 2 aromatic heterocycles. The summed E-state index contributed by atoms with van der Waals surface area (Å²) in [6.07, 6.45) is 2.57. The van der Waals surface area contributed by atoms with E-state index in [9.17, 15) is 9.18 Å². The Balaban J connectivity index is 1.36. The normalized spacial score (nSPS) is 20.8. The summed E-state index contributed by atoms with van der Waals surface area (Å²) >= 11 is 1.56. The molecule has 0 saturated carbocycles. The predicted octanol–water partition coefficient (Wildman–Crippen LogP) is 5.32. The van der Waals surface area contributed by atoms with Crippen LogP contribution in [-0.2, 0) is 4.79 Å².